The molecular weight excluding hydrogens is 266 g/mol. The maximum atomic E-state index is 12.3. The molecule has 1 N–H and O–H groups in total. The first-order valence-corrected chi connectivity index (χ1v) is 7.26. The third kappa shape index (κ3) is 5.61. The largest absolute Gasteiger partial charge is 0.344 e. The van der Waals surface area contributed by atoms with Gasteiger partial charge in [0.05, 0.1) is 0 Å². The van der Waals surface area contributed by atoms with Crippen molar-refractivity contribution in [3.8, 4) is 0 Å². The number of rotatable bonds is 4. The molecule has 1 aliphatic rings. The Kier molecular flexibility index (Phi) is 6.30. The number of hydrogen-bond donors (Lipinski definition) is 1. The Labute approximate surface area is 117 Å². The molecule has 7 heteroatoms. The Balaban J connectivity index is 2.59. The Hall–Kier alpha value is -1.08. The van der Waals surface area contributed by atoms with Crippen molar-refractivity contribution in [1.82, 2.24) is 15.1 Å². The molecule has 2 amide bonds. The molecule has 19 heavy (non-hydrogen) atoms. The van der Waals surface area contributed by atoms with Crippen molar-refractivity contribution in [1.29, 1.82) is 0 Å². The highest BCUT2D eigenvalue weighted by Gasteiger charge is 2.27. The number of hydrogen-bond acceptors (Lipinski definition) is 5. The summed E-state index contributed by atoms with van der Waals surface area (Å²) >= 11 is 1.06. The normalized spacial score (nSPS) is 17.9. The van der Waals surface area contributed by atoms with Crippen LogP contribution in [0.15, 0.2) is 0 Å². The zero-order chi connectivity index (χ0) is 14.4. The molecule has 0 bridgehead atoms. The van der Waals surface area contributed by atoms with Crippen molar-refractivity contribution >= 4 is 28.7 Å². The SMILES string of the molecule is CC(=O)N[C@@H](CSC(C)=O)C(=O)N1CCN(C)CC1. The maximum absolute atomic E-state index is 12.3. The van der Waals surface area contributed by atoms with E-state index in [-0.39, 0.29) is 16.9 Å². The van der Waals surface area contributed by atoms with Crippen LogP contribution >= 0.6 is 11.8 Å². The summed E-state index contributed by atoms with van der Waals surface area (Å²) < 4.78 is 0. The highest BCUT2D eigenvalue weighted by molar-refractivity contribution is 8.13. The van der Waals surface area contributed by atoms with Gasteiger partial charge in [0.2, 0.25) is 11.8 Å². The number of nitrogens with one attached hydrogen (secondary N) is 1. The molecule has 0 aromatic rings. The van der Waals surface area contributed by atoms with Crippen molar-refractivity contribution in [2.75, 3.05) is 39.0 Å². The van der Waals surface area contributed by atoms with Gasteiger partial charge in [-0.2, -0.15) is 0 Å². The third-order valence-corrected chi connectivity index (χ3v) is 3.85. The first-order valence-electron chi connectivity index (χ1n) is 6.28. The van der Waals surface area contributed by atoms with E-state index in [2.05, 4.69) is 10.2 Å². The van der Waals surface area contributed by atoms with Gasteiger partial charge in [0.25, 0.3) is 0 Å². The Bertz CT molecular complexity index is 354. The van der Waals surface area contributed by atoms with Gasteiger partial charge < -0.3 is 15.1 Å². The summed E-state index contributed by atoms with van der Waals surface area (Å²) in [6.45, 7) is 5.82. The monoisotopic (exact) mass is 287 g/mol. The lowest BCUT2D eigenvalue weighted by Crippen LogP contribution is -2.55. The van der Waals surface area contributed by atoms with Crippen LogP contribution in [0.25, 0.3) is 0 Å². The van der Waals surface area contributed by atoms with Gasteiger partial charge in [-0.25, -0.2) is 0 Å². The molecule has 0 aliphatic carbocycles. The zero-order valence-corrected chi connectivity index (χ0v) is 12.5. The average molecular weight is 287 g/mol. The molecule has 6 nitrogen and oxygen atoms in total. The molecular formula is C12H21N3O3S. The molecule has 1 rings (SSSR count). The lowest BCUT2D eigenvalue weighted by atomic mass is 10.2. The number of likely N-dealkylation sites (N-methyl/N-ethyl adjacent to an activating group) is 1. The molecule has 0 aromatic heterocycles. The number of piperazine rings is 1. The Morgan fingerprint density at radius 1 is 1.16 bits per heavy atom. The molecule has 1 atom stereocenters. The van der Waals surface area contributed by atoms with Crippen LogP contribution in [0.2, 0.25) is 0 Å². The van der Waals surface area contributed by atoms with Gasteiger partial charge >= 0.3 is 0 Å². The second kappa shape index (κ2) is 7.49. The predicted octanol–water partition coefficient (Wildman–Crippen LogP) is -0.455. The smallest absolute Gasteiger partial charge is 0.246 e. The van der Waals surface area contributed by atoms with Crippen LogP contribution in [0, 0.1) is 0 Å². The molecule has 0 spiro atoms. The first kappa shape index (κ1) is 16.0. The van der Waals surface area contributed by atoms with Crippen LogP contribution in [-0.2, 0) is 14.4 Å². The maximum Gasteiger partial charge on any atom is 0.246 e. The molecule has 0 unspecified atom stereocenters. The minimum absolute atomic E-state index is 0.0541. The topological polar surface area (TPSA) is 69.7 Å². The summed E-state index contributed by atoms with van der Waals surface area (Å²) in [7, 11) is 2.01. The quantitative estimate of drug-likeness (QED) is 0.758. The van der Waals surface area contributed by atoms with Crippen LogP contribution in [0.5, 0.6) is 0 Å². The number of thioether (sulfide) groups is 1. The van der Waals surface area contributed by atoms with Gasteiger partial charge in [0.1, 0.15) is 6.04 Å². The second-order valence-electron chi connectivity index (χ2n) is 4.68. The van der Waals surface area contributed by atoms with E-state index < -0.39 is 6.04 Å². The van der Waals surface area contributed by atoms with Gasteiger partial charge in [-0.05, 0) is 7.05 Å². The number of carbonyl (C=O) groups excluding carboxylic acids is 3. The lowest BCUT2D eigenvalue weighted by Gasteiger charge is -2.34. The summed E-state index contributed by atoms with van der Waals surface area (Å²) in [5, 5.41) is 2.57. The van der Waals surface area contributed by atoms with Gasteiger partial charge in [-0.1, -0.05) is 11.8 Å². The van der Waals surface area contributed by atoms with E-state index in [0.717, 1.165) is 24.9 Å². The van der Waals surface area contributed by atoms with Gasteiger partial charge in [0, 0.05) is 45.8 Å². The Morgan fingerprint density at radius 3 is 2.21 bits per heavy atom. The van der Waals surface area contributed by atoms with E-state index in [1.807, 2.05) is 7.05 Å². The Morgan fingerprint density at radius 2 is 1.74 bits per heavy atom. The molecule has 1 aliphatic heterocycles. The van der Waals surface area contributed by atoms with Crippen molar-refractivity contribution in [2.45, 2.75) is 19.9 Å². The van der Waals surface area contributed by atoms with E-state index >= 15 is 0 Å². The average Bonchev–Trinajstić information content (AvgIpc) is 2.34. The number of carbonyl (C=O) groups is 3. The third-order valence-electron chi connectivity index (χ3n) is 2.94. The van der Waals surface area contributed by atoms with Crippen LogP contribution < -0.4 is 5.32 Å². The zero-order valence-electron chi connectivity index (χ0n) is 11.6. The standard InChI is InChI=1S/C12H21N3O3S/c1-9(16)13-11(8-19-10(2)17)12(18)15-6-4-14(3)5-7-15/h11H,4-8H2,1-3H3,(H,13,16)/t11-/m0/s1. The van der Waals surface area contributed by atoms with Crippen molar-refractivity contribution in [2.24, 2.45) is 0 Å². The summed E-state index contributed by atoms with van der Waals surface area (Å²) in [5.74, 6) is -0.0613. The fraction of sp³-hybridized carbons (Fsp3) is 0.750. The van der Waals surface area contributed by atoms with Crippen LogP contribution in [0.1, 0.15) is 13.8 Å². The van der Waals surface area contributed by atoms with Gasteiger partial charge in [0.15, 0.2) is 5.12 Å². The van der Waals surface area contributed by atoms with Crippen molar-refractivity contribution < 1.29 is 14.4 Å². The second-order valence-corrected chi connectivity index (χ2v) is 5.88. The lowest BCUT2D eigenvalue weighted by molar-refractivity contribution is -0.136. The molecule has 0 saturated carbocycles. The van der Waals surface area contributed by atoms with Crippen LogP contribution in [0.3, 0.4) is 0 Å². The molecule has 1 saturated heterocycles. The fourth-order valence-electron chi connectivity index (χ4n) is 1.87. The highest BCUT2D eigenvalue weighted by atomic mass is 32.2. The first-order chi connectivity index (χ1) is 8.90. The predicted molar refractivity (Wildman–Crippen MR) is 74.8 cm³/mol. The van der Waals surface area contributed by atoms with Gasteiger partial charge in [-0.3, -0.25) is 14.4 Å². The minimum Gasteiger partial charge on any atom is -0.344 e. The summed E-state index contributed by atoms with van der Waals surface area (Å²) in [6, 6.07) is -0.616. The molecule has 1 fully saturated rings. The van der Waals surface area contributed by atoms with E-state index in [1.165, 1.54) is 13.8 Å². The summed E-state index contributed by atoms with van der Waals surface area (Å²) in [4.78, 5) is 38.4. The summed E-state index contributed by atoms with van der Waals surface area (Å²) in [6.07, 6.45) is 0. The molecule has 108 valence electrons. The molecule has 1 heterocycles. The van der Waals surface area contributed by atoms with E-state index in [0.29, 0.717) is 18.8 Å². The summed E-state index contributed by atoms with van der Waals surface area (Å²) in [5.41, 5.74) is 0. The van der Waals surface area contributed by atoms with E-state index in [4.69, 9.17) is 0 Å². The van der Waals surface area contributed by atoms with Crippen LogP contribution in [0.4, 0.5) is 0 Å². The highest BCUT2D eigenvalue weighted by Crippen LogP contribution is 2.09. The van der Waals surface area contributed by atoms with Crippen molar-refractivity contribution in [3.05, 3.63) is 0 Å². The number of amides is 2. The minimum atomic E-state index is -0.616. The van der Waals surface area contributed by atoms with Crippen molar-refractivity contribution in [3.63, 3.8) is 0 Å². The van der Waals surface area contributed by atoms with E-state index in [1.54, 1.807) is 4.90 Å². The fourth-order valence-corrected chi connectivity index (χ4v) is 2.50. The van der Waals surface area contributed by atoms with E-state index in [9.17, 15) is 14.4 Å². The van der Waals surface area contributed by atoms with Gasteiger partial charge in [-0.15, -0.1) is 0 Å². The van der Waals surface area contributed by atoms with Crippen LogP contribution in [-0.4, -0.2) is 71.8 Å². The molecule has 0 aromatic carbocycles. The number of nitrogens with zero attached hydrogens (tertiary/aromatic N) is 2. The molecule has 0 radical (unpaired) electrons.